The molecule has 0 aliphatic carbocycles. The molecule has 3 nitrogen and oxygen atoms in total. The van der Waals surface area contributed by atoms with Crippen molar-refractivity contribution in [2.75, 3.05) is 18.8 Å². The zero-order valence-corrected chi connectivity index (χ0v) is 9.23. The quantitative estimate of drug-likeness (QED) is 0.605. The van der Waals surface area contributed by atoms with E-state index < -0.39 is 0 Å². The Hall–Kier alpha value is -2.03. The monoisotopic (exact) mass is 216 g/mol. The summed E-state index contributed by atoms with van der Waals surface area (Å²) in [4.78, 5) is 13.7. The molecule has 0 bridgehead atoms. The Morgan fingerprint density at radius 3 is 2.44 bits per heavy atom. The van der Waals surface area contributed by atoms with Gasteiger partial charge in [-0.05, 0) is 18.2 Å². The first kappa shape index (κ1) is 12.0. The summed E-state index contributed by atoms with van der Waals surface area (Å²) in [5.41, 5.74) is 6.81. The van der Waals surface area contributed by atoms with Crippen LogP contribution in [0.25, 0.3) is 0 Å². The number of hydrogen-bond acceptors (Lipinski definition) is 2. The van der Waals surface area contributed by atoms with Crippen LogP contribution >= 0.6 is 0 Å². The van der Waals surface area contributed by atoms with Crippen molar-refractivity contribution in [1.82, 2.24) is 4.90 Å². The number of anilines is 1. The van der Waals surface area contributed by atoms with Gasteiger partial charge in [0.2, 0.25) is 0 Å². The summed E-state index contributed by atoms with van der Waals surface area (Å²) < 4.78 is 0. The van der Waals surface area contributed by atoms with Crippen LogP contribution in [0.4, 0.5) is 5.69 Å². The number of hydrogen-bond donors (Lipinski definition) is 1. The molecule has 1 rings (SSSR count). The van der Waals surface area contributed by atoms with Crippen LogP contribution in [0.5, 0.6) is 0 Å². The van der Waals surface area contributed by atoms with E-state index in [4.69, 9.17) is 5.73 Å². The van der Waals surface area contributed by atoms with Crippen molar-refractivity contribution >= 4 is 11.6 Å². The number of nitrogens with two attached hydrogens (primary N) is 1. The van der Waals surface area contributed by atoms with E-state index >= 15 is 0 Å². The summed E-state index contributed by atoms with van der Waals surface area (Å²) in [6.07, 6.45) is 3.38. The summed E-state index contributed by atoms with van der Waals surface area (Å²) in [6, 6.07) is 6.93. The molecular formula is C13H16N2O. The van der Waals surface area contributed by atoms with E-state index in [1.165, 1.54) is 0 Å². The van der Waals surface area contributed by atoms with Crippen LogP contribution in [0.15, 0.2) is 49.6 Å². The maximum absolute atomic E-state index is 12.1. The van der Waals surface area contributed by atoms with Crippen molar-refractivity contribution in [3.05, 3.63) is 55.1 Å². The van der Waals surface area contributed by atoms with Gasteiger partial charge in [0.25, 0.3) is 5.91 Å². The minimum Gasteiger partial charge on any atom is -0.399 e. The Balaban J connectivity index is 2.89. The molecule has 0 unspecified atom stereocenters. The summed E-state index contributed by atoms with van der Waals surface area (Å²) in [7, 11) is 0. The standard InChI is InChI=1S/C13H16N2O/c1-3-8-15(9-4-2)13(16)11-6-5-7-12(14)10-11/h3-7,10H,1-2,8-9,14H2. The third-order valence-corrected chi connectivity index (χ3v) is 2.12. The molecule has 3 heteroatoms. The summed E-state index contributed by atoms with van der Waals surface area (Å²) in [5, 5.41) is 0. The Morgan fingerprint density at radius 2 is 1.94 bits per heavy atom. The van der Waals surface area contributed by atoms with Crippen LogP contribution in [-0.4, -0.2) is 23.9 Å². The predicted molar refractivity (Wildman–Crippen MR) is 67.2 cm³/mol. The highest BCUT2D eigenvalue weighted by molar-refractivity contribution is 5.95. The molecule has 0 aliphatic rings. The van der Waals surface area contributed by atoms with Crippen molar-refractivity contribution in [2.45, 2.75) is 0 Å². The largest absolute Gasteiger partial charge is 0.399 e. The van der Waals surface area contributed by atoms with Crippen LogP contribution in [0.3, 0.4) is 0 Å². The number of nitrogens with zero attached hydrogens (tertiary/aromatic N) is 1. The second kappa shape index (κ2) is 5.75. The molecule has 84 valence electrons. The highest BCUT2D eigenvalue weighted by atomic mass is 16.2. The van der Waals surface area contributed by atoms with E-state index in [0.29, 0.717) is 24.3 Å². The Bertz CT molecular complexity index is 389. The average molecular weight is 216 g/mol. The van der Waals surface area contributed by atoms with E-state index in [1.54, 1.807) is 41.3 Å². The van der Waals surface area contributed by atoms with E-state index in [9.17, 15) is 4.79 Å². The molecule has 0 atom stereocenters. The number of benzene rings is 1. The fourth-order valence-electron chi connectivity index (χ4n) is 1.41. The lowest BCUT2D eigenvalue weighted by molar-refractivity contribution is 0.0791. The molecule has 1 aromatic carbocycles. The van der Waals surface area contributed by atoms with Crippen LogP contribution in [0.1, 0.15) is 10.4 Å². The van der Waals surface area contributed by atoms with Gasteiger partial charge in [0.05, 0.1) is 0 Å². The van der Waals surface area contributed by atoms with Crippen molar-refractivity contribution in [1.29, 1.82) is 0 Å². The third-order valence-electron chi connectivity index (χ3n) is 2.12. The van der Waals surface area contributed by atoms with E-state index in [1.807, 2.05) is 0 Å². The van der Waals surface area contributed by atoms with Crippen molar-refractivity contribution in [3.8, 4) is 0 Å². The van der Waals surface area contributed by atoms with Gasteiger partial charge >= 0.3 is 0 Å². The van der Waals surface area contributed by atoms with Gasteiger partial charge in [0.1, 0.15) is 0 Å². The van der Waals surface area contributed by atoms with Gasteiger partial charge in [-0.25, -0.2) is 0 Å². The highest BCUT2D eigenvalue weighted by Gasteiger charge is 2.12. The van der Waals surface area contributed by atoms with Gasteiger partial charge in [0.15, 0.2) is 0 Å². The van der Waals surface area contributed by atoms with Crippen molar-refractivity contribution in [3.63, 3.8) is 0 Å². The molecule has 1 aromatic rings. The minimum absolute atomic E-state index is 0.0629. The number of carbonyl (C=O) groups excluding carboxylic acids is 1. The van der Waals surface area contributed by atoms with E-state index in [-0.39, 0.29) is 5.91 Å². The summed E-state index contributed by atoms with van der Waals surface area (Å²) >= 11 is 0. The van der Waals surface area contributed by atoms with Gasteiger partial charge in [0, 0.05) is 24.3 Å². The summed E-state index contributed by atoms with van der Waals surface area (Å²) in [6.45, 7) is 8.25. The highest BCUT2D eigenvalue weighted by Crippen LogP contribution is 2.09. The second-order valence-electron chi connectivity index (χ2n) is 3.41. The number of rotatable bonds is 5. The number of nitrogen functional groups attached to an aromatic ring is 1. The van der Waals surface area contributed by atoms with Gasteiger partial charge in [-0.2, -0.15) is 0 Å². The minimum atomic E-state index is -0.0629. The molecule has 0 aliphatic heterocycles. The topological polar surface area (TPSA) is 46.3 Å². The van der Waals surface area contributed by atoms with Gasteiger partial charge < -0.3 is 10.6 Å². The molecule has 2 N–H and O–H groups in total. The van der Waals surface area contributed by atoms with Gasteiger partial charge in [-0.3, -0.25) is 4.79 Å². The first-order chi connectivity index (χ1) is 7.69. The molecule has 0 heterocycles. The third kappa shape index (κ3) is 2.98. The van der Waals surface area contributed by atoms with Gasteiger partial charge in [-0.15, -0.1) is 13.2 Å². The van der Waals surface area contributed by atoms with Crippen molar-refractivity contribution in [2.24, 2.45) is 0 Å². The zero-order chi connectivity index (χ0) is 12.0. The maximum Gasteiger partial charge on any atom is 0.254 e. The molecular weight excluding hydrogens is 200 g/mol. The van der Waals surface area contributed by atoms with Crippen LogP contribution in [0.2, 0.25) is 0 Å². The maximum atomic E-state index is 12.1. The second-order valence-corrected chi connectivity index (χ2v) is 3.41. The zero-order valence-electron chi connectivity index (χ0n) is 9.23. The Kier molecular flexibility index (Phi) is 4.33. The molecule has 1 amide bonds. The average Bonchev–Trinajstić information content (AvgIpc) is 2.28. The molecule has 0 aromatic heterocycles. The molecule has 16 heavy (non-hydrogen) atoms. The lowest BCUT2D eigenvalue weighted by atomic mass is 10.1. The molecule has 0 saturated heterocycles. The van der Waals surface area contributed by atoms with E-state index in [0.717, 1.165) is 0 Å². The lowest BCUT2D eigenvalue weighted by Crippen LogP contribution is -2.31. The predicted octanol–water partition coefficient (Wildman–Crippen LogP) is 2.08. The lowest BCUT2D eigenvalue weighted by Gasteiger charge is -2.19. The van der Waals surface area contributed by atoms with Crippen LogP contribution in [-0.2, 0) is 0 Å². The molecule has 0 spiro atoms. The summed E-state index contributed by atoms with van der Waals surface area (Å²) in [5.74, 6) is -0.0629. The number of carbonyl (C=O) groups is 1. The first-order valence-corrected chi connectivity index (χ1v) is 5.05. The van der Waals surface area contributed by atoms with Crippen molar-refractivity contribution < 1.29 is 4.79 Å². The fraction of sp³-hybridized carbons (Fsp3) is 0.154. The SMILES string of the molecule is C=CCN(CC=C)C(=O)c1cccc(N)c1. The fourth-order valence-corrected chi connectivity index (χ4v) is 1.41. The normalized spacial score (nSPS) is 9.50. The van der Waals surface area contributed by atoms with E-state index in [2.05, 4.69) is 13.2 Å². The Labute approximate surface area is 95.9 Å². The van der Waals surface area contributed by atoms with Crippen LogP contribution in [0, 0.1) is 0 Å². The molecule has 0 fully saturated rings. The van der Waals surface area contributed by atoms with Gasteiger partial charge in [-0.1, -0.05) is 18.2 Å². The van der Waals surface area contributed by atoms with Crippen LogP contribution < -0.4 is 5.73 Å². The smallest absolute Gasteiger partial charge is 0.254 e. The Morgan fingerprint density at radius 1 is 1.31 bits per heavy atom. The number of amides is 1. The molecule has 0 radical (unpaired) electrons. The molecule has 0 saturated carbocycles. The first-order valence-electron chi connectivity index (χ1n) is 5.05.